The average Bonchev–Trinajstić information content (AvgIpc) is 0.890. The summed E-state index contributed by atoms with van der Waals surface area (Å²) in [6.45, 7) is 9.09. The van der Waals surface area contributed by atoms with Gasteiger partial charge in [-0.1, -0.05) is 24.3 Å². The van der Waals surface area contributed by atoms with Crippen LogP contribution in [0.1, 0.15) is 81.0 Å². The minimum absolute atomic E-state index is 0.0416. The number of hydrogen-bond donors (Lipinski definition) is 6. The molecule has 9 aromatic rings. The van der Waals surface area contributed by atoms with E-state index < -0.39 is 11.9 Å². The smallest absolute Gasteiger partial charge is 0.337 e. The first-order valence-electron chi connectivity index (χ1n) is 28.9. The van der Waals surface area contributed by atoms with Gasteiger partial charge in [0.05, 0.1) is 60.7 Å². The number of benzene rings is 4. The number of nitrogens with zero attached hydrogens (tertiary/aromatic N) is 10. The summed E-state index contributed by atoms with van der Waals surface area (Å²) in [5, 5.41) is 15.3. The number of hydrogen-bond acceptors (Lipinski definition) is 22. The predicted octanol–water partition coefficient (Wildman–Crippen LogP) is 11.0. The summed E-state index contributed by atoms with van der Waals surface area (Å²) in [6, 6.07) is 34.9. The van der Waals surface area contributed by atoms with Gasteiger partial charge in [-0.3, -0.25) is 24.5 Å². The van der Waals surface area contributed by atoms with Gasteiger partial charge in [-0.05, 0) is 154 Å². The second-order valence-electron chi connectivity index (χ2n) is 20.3. The molecule has 5 aromatic heterocycles. The molecule has 0 unspecified atom stereocenters. The first-order valence-corrected chi connectivity index (χ1v) is 28.9. The van der Waals surface area contributed by atoms with Crippen molar-refractivity contribution in [2.75, 3.05) is 51.8 Å². The number of guanidine groups is 1. The third-order valence-corrected chi connectivity index (χ3v) is 12.9. The number of rotatable bonds is 15. The molecule has 0 saturated heterocycles. The zero-order chi connectivity index (χ0) is 70.1. The van der Waals surface area contributed by atoms with E-state index in [0.717, 1.165) is 50.5 Å². The molecular formula is C71H72N15O10+. The third kappa shape index (κ3) is 24.3. The number of Topliss-reactive ketones (excluding diaryl/α,β-unsaturated/α-hetero) is 1. The standard InChI is InChI=1S/C18H16N4O2.C17H14N4O2.C10H13N3O2.C10H11N2O.C9H11NO2.C7H7NO/c1-12-5-6-13(17(23)24-2)10-16(12)22-18-20-9-7-15(21-18)14-4-3-8-19-11-14;1-11-4-5-12(16(22)23)9-15(11)21-17-19-8-6-14(20-17)13-3-2-7-18-10-13;1-6-3-4-7(9(14)15-2)5-8(6)13-10(11)12;1-12(2)7-5-10(13)9-4-3-6-11-8-9;1-6-3-4-7(5-8(6)10)9(11)12-2;1-6(9)7-3-2-4-8-5-7/h3-11H,1-2H3,(H,20,21,22);2-10H,1H3,(H,22,23)(H,19,20,21);3-5H,1-2H3,(H4,11,12,13);4-8H,1-2H3;3-5H,10H2,1-2H3;2-5H,1H3/q;;;+1;;/b;;;7-5+;;. The monoisotopic (exact) mass is 1290 g/mol. The SMILES string of the molecule is CC(=O)c1cccnc1.CN(C)/C=C/C(=O)C1=CN=C[C+]=C1.COC(=O)c1ccc(C)c(N)c1.COC(=O)c1ccc(C)c(N=C(N)N)c1.COC(=O)c1ccc(C)c(Nc2nccc(-c3cccnc3)n2)c1.Cc1ccc(C(=O)O)cc1Nc1nccc(-c2cccnc2)n1. The van der Waals surface area contributed by atoms with Gasteiger partial charge >= 0.3 is 23.9 Å². The van der Waals surface area contributed by atoms with E-state index >= 15 is 0 Å². The lowest BCUT2D eigenvalue weighted by Crippen LogP contribution is -2.22. The molecule has 0 radical (unpaired) electrons. The van der Waals surface area contributed by atoms with E-state index in [2.05, 4.69) is 71.1 Å². The number of aliphatic imine (C=N–C) groups is 2. The number of carbonyl (C=O) groups excluding carboxylic acids is 5. The van der Waals surface area contributed by atoms with Crippen molar-refractivity contribution in [3.8, 4) is 22.5 Å². The fraction of sp³-hybridized carbons (Fsp3) is 0.141. The van der Waals surface area contributed by atoms with Gasteiger partial charge in [0.1, 0.15) is 12.3 Å². The Hall–Kier alpha value is -13.0. The number of esters is 3. The number of methoxy groups -OCH3 is 3. The van der Waals surface area contributed by atoms with Crippen molar-refractivity contribution in [2.24, 2.45) is 21.5 Å². The lowest BCUT2D eigenvalue weighted by Gasteiger charge is -2.10. The normalized spacial score (nSPS) is 10.5. The number of aryl methyl sites for hydroxylation is 4. The number of nitrogens with one attached hydrogen (secondary N) is 2. The molecule has 0 atom stereocenters. The van der Waals surface area contributed by atoms with Gasteiger partial charge < -0.3 is 52.1 Å². The predicted molar refractivity (Wildman–Crippen MR) is 369 cm³/mol. The summed E-state index contributed by atoms with van der Waals surface area (Å²) < 4.78 is 13.9. The number of pyridine rings is 3. The number of allylic oxidation sites excluding steroid dienone is 4. The topological polar surface area (TPSA) is 371 Å². The van der Waals surface area contributed by atoms with E-state index in [1.807, 2.05) is 78.2 Å². The second kappa shape index (κ2) is 38.0. The molecular weight excluding hydrogens is 1220 g/mol. The molecule has 10 rings (SSSR count). The third-order valence-electron chi connectivity index (χ3n) is 12.9. The van der Waals surface area contributed by atoms with Crippen LogP contribution in [0.5, 0.6) is 0 Å². The van der Waals surface area contributed by atoms with Gasteiger partial charge in [0.2, 0.25) is 11.9 Å². The number of nitrogens with two attached hydrogens (primary N) is 3. The van der Waals surface area contributed by atoms with Crippen LogP contribution in [0.2, 0.25) is 0 Å². The van der Waals surface area contributed by atoms with Crippen LogP contribution in [0.3, 0.4) is 0 Å². The largest absolute Gasteiger partial charge is 0.478 e. The number of nitrogen functional groups attached to an aromatic ring is 1. The quantitative estimate of drug-likeness (QED) is 0.00811. The second-order valence-corrected chi connectivity index (χ2v) is 20.3. The Labute approximate surface area is 555 Å². The van der Waals surface area contributed by atoms with Crippen molar-refractivity contribution in [1.29, 1.82) is 0 Å². The van der Waals surface area contributed by atoms with Gasteiger partial charge in [0.25, 0.3) is 5.78 Å². The van der Waals surface area contributed by atoms with E-state index in [0.29, 0.717) is 56.8 Å². The lowest BCUT2D eigenvalue weighted by molar-refractivity contribution is -0.111. The molecule has 25 nitrogen and oxygen atoms in total. The molecule has 1 aliphatic rings. The Kier molecular flexibility index (Phi) is 29.2. The zero-order valence-electron chi connectivity index (χ0n) is 54.4. The zero-order valence-corrected chi connectivity index (χ0v) is 54.4. The first-order chi connectivity index (χ1) is 46.0. The highest BCUT2D eigenvalue weighted by Crippen LogP contribution is 2.25. The molecule has 0 aliphatic carbocycles. The number of carboxylic acid groups (broad SMARTS) is 1. The van der Waals surface area contributed by atoms with Crippen molar-refractivity contribution in [3.05, 3.63) is 257 Å². The number of ketones is 2. The molecule has 9 N–H and O–H groups in total. The maximum absolute atomic E-state index is 11.7. The van der Waals surface area contributed by atoms with E-state index in [4.69, 9.17) is 27.0 Å². The molecule has 0 amide bonds. The summed E-state index contributed by atoms with van der Waals surface area (Å²) in [4.78, 5) is 106. The number of carbonyl (C=O) groups is 6. The number of aromatic nitrogens is 7. The highest BCUT2D eigenvalue weighted by atomic mass is 16.5. The molecule has 96 heavy (non-hydrogen) atoms. The molecule has 0 bridgehead atoms. The fourth-order valence-electron chi connectivity index (χ4n) is 7.66. The molecule has 6 heterocycles. The average molecular weight is 1300 g/mol. The van der Waals surface area contributed by atoms with Crippen molar-refractivity contribution in [1.82, 2.24) is 39.8 Å². The highest BCUT2D eigenvalue weighted by molar-refractivity contribution is 6.06. The Morgan fingerprint density at radius 3 is 1.46 bits per heavy atom. The summed E-state index contributed by atoms with van der Waals surface area (Å²) in [6.07, 6.45) is 24.0. The van der Waals surface area contributed by atoms with E-state index in [-0.39, 0.29) is 35.0 Å². The Balaban J connectivity index is 0.000000215. The van der Waals surface area contributed by atoms with Crippen molar-refractivity contribution < 1.29 is 48.1 Å². The van der Waals surface area contributed by atoms with E-state index in [1.165, 1.54) is 46.7 Å². The van der Waals surface area contributed by atoms with Gasteiger partial charge in [-0.2, -0.15) is 0 Å². The van der Waals surface area contributed by atoms with Crippen LogP contribution in [0.15, 0.2) is 211 Å². The van der Waals surface area contributed by atoms with Gasteiger partial charge in [-0.25, -0.2) is 49.1 Å². The number of ether oxygens (including phenoxy) is 3. The van der Waals surface area contributed by atoms with Gasteiger partial charge in [-0.15, -0.1) is 0 Å². The number of aromatic carboxylic acids is 1. The van der Waals surface area contributed by atoms with Crippen molar-refractivity contribution >= 4 is 82.3 Å². The minimum atomic E-state index is -0.974. The van der Waals surface area contributed by atoms with Crippen LogP contribution in [0.4, 0.5) is 34.6 Å². The van der Waals surface area contributed by atoms with E-state index in [1.54, 1.807) is 152 Å². The Morgan fingerprint density at radius 2 is 1.04 bits per heavy atom. The van der Waals surface area contributed by atoms with E-state index in [9.17, 15) is 28.8 Å². The Bertz CT molecular complexity index is 4290. The maximum atomic E-state index is 11.7. The molecule has 0 saturated carbocycles. The van der Waals surface area contributed by atoms with Gasteiger partial charge in [0.15, 0.2) is 29.6 Å². The fourth-order valence-corrected chi connectivity index (χ4v) is 7.66. The minimum Gasteiger partial charge on any atom is -0.478 e. The van der Waals surface area contributed by atoms with Gasteiger partial charge in [0, 0.05) is 110 Å². The molecule has 1 aliphatic heterocycles. The molecule has 4 aromatic carbocycles. The Morgan fingerprint density at radius 1 is 0.573 bits per heavy atom. The summed E-state index contributed by atoms with van der Waals surface area (Å²) in [7, 11) is 7.74. The van der Waals surface area contributed by atoms with Crippen LogP contribution in [-0.2, 0) is 19.0 Å². The number of carboxylic acids is 1. The molecule has 0 fully saturated rings. The first kappa shape index (κ1) is 73.7. The highest BCUT2D eigenvalue weighted by Gasteiger charge is 2.15. The maximum Gasteiger partial charge on any atom is 0.337 e. The molecule has 0 spiro atoms. The van der Waals surface area contributed by atoms with Crippen LogP contribution >= 0.6 is 0 Å². The van der Waals surface area contributed by atoms with Crippen LogP contribution in [0, 0.1) is 33.8 Å². The lowest BCUT2D eigenvalue weighted by atomic mass is 10.1. The van der Waals surface area contributed by atoms with Crippen molar-refractivity contribution in [2.45, 2.75) is 34.6 Å². The molecule has 490 valence electrons. The van der Waals surface area contributed by atoms with Crippen molar-refractivity contribution in [3.63, 3.8) is 0 Å². The van der Waals surface area contributed by atoms with Crippen LogP contribution < -0.4 is 27.8 Å². The van der Waals surface area contributed by atoms with Crippen LogP contribution in [-0.4, -0.2) is 128 Å². The number of anilines is 5. The summed E-state index contributed by atoms with van der Waals surface area (Å²) >= 11 is 0. The summed E-state index contributed by atoms with van der Waals surface area (Å²) in [5.41, 5.74) is 28.5. The molecule has 25 heteroatoms. The summed E-state index contributed by atoms with van der Waals surface area (Å²) in [5.74, 6) is -1.33. The van der Waals surface area contributed by atoms with Crippen LogP contribution in [0.25, 0.3) is 22.5 Å².